The molecule has 3 nitrogen and oxygen atoms in total. The quantitative estimate of drug-likeness (QED) is 0.198. The van der Waals surface area contributed by atoms with Crippen molar-refractivity contribution in [3.8, 4) is 5.75 Å². The smallest absolute Gasteiger partial charge is 0.147 e. The van der Waals surface area contributed by atoms with Gasteiger partial charge < -0.3 is 0 Å². The third-order valence-corrected chi connectivity index (χ3v) is 9.63. The molecule has 0 aliphatic carbocycles. The Morgan fingerprint density at radius 1 is 1.00 bits per heavy atom. The minimum absolute atomic E-state index is 0. The summed E-state index contributed by atoms with van der Waals surface area (Å²) in [5.41, 5.74) is 4.86. The number of carboxylic acid groups (broad SMARTS) is 1. The van der Waals surface area contributed by atoms with E-state index < -0.39 is 5.97 Å². The minimum atomic E-state index is -0.864. The second-order valence-electron chi connectivity index (χ2n) is 9.04. The number of fused-ring (bicyclic) bond motifs is 2. The van der Waals surface area contributed by atoms with Crippen molar-refractivity contribution in [2.45, 2.75) is 42.2 Å². The van der Waals surface area contributed by atoms with Gasteiger partial charge in [0.05, 0.1) is 0 Å². The molecule has 3 atom stereocenters. The van der Waals surface area contributed by atoms with Crippen LogP contribution in [0.5, 0.6) is 5.75 Å². The fraction of sp³-hybridized carbons (Fsp3) is 0.233. The Hall–Kier alpha value is -2.74. The van der Waals surface area contributed by atoms with Crippen LogP contribution in [-0.4, -0.2) is 32.9 Å². The number of carboxylic acids is 1. The van der Waals surface area contributed by atoms with Crippen LogP contribution >= 0.6 is 12.4 Å². The summed E-state index contributed by atoms with van der Waals surface area (Å²) < 4.78 is 6.42. The van der Waals surface area contributed by atoms with E-state index in [2.05, 4.69) is 60.7 Å². The molecule has 0 spiro atoms. The zero-order chi connectivity index (χ0) is 23.5. The monoisotopic (exact) mass is 548 g/mol. The van der Waals surface area contributed by atoms with Crippen molar-refractivity contribution >= 4 is 44.9 Å². The van der Waals surface area contributed by atoms with Crippen molar-refractivity contribution < 1.29 is 14.6 Å². The van der Waals surface area contributed by atoms with Gasteiger partial charge >= 0.3 is 208 Å². The molecule has 0 fully saturated rings. The van der Waals surface area contributed by atoms with Crippen LogP contribution in [0.2, 0.25) is 10.4 Å². The van der Waals surface area contributed by atoms with E-state index in [1.54, 1.807) is 0 Å². The number of halogens is 1. The van der Waals surface area contributed by atoms with Crippen LogP contribution in [0.3, 0.4) is 0 Å². The maximum atomic E-state index is 11.7. The molecule has 35 heavy (non-hydrogen) atoms. The first kappa shape index (κ1) is 25.4. The van der Waals surface area contributed by atoms with Gasteiger partial charge in [0.2, 0.25) is 0 Å². The van der Waals surface area contributed by atoms with Crippen molar-refractivity contribution in [3.05, 3.63) is 113 Å². The Labute approximate surface area is 219 Å². The Balaban J connectivity index is 0.00000289. The number of aryl methyl sites for hydroxylation is 2. The van der Waals surface area contributed by atoms with Crippen molar-refractivity contribution in [2.75, 3.05) is 0 Å². The Kier molecular flexibility index (Phi) is 8.21. The molecule has 1 heterocycles. The van der Waals surface area contributed by atoms with E-state index in [0.29, 0.717) is 5.56 Å². The minimum Gasteiger partial charge on any atom is -0.147 e. The Bertz CT molecular complexity index is 1330. The summed E-state index contributed by atoms with van der Waals surface area (Å²) in [6.07, 6.45) is 2.20. The number of benzene rings is 4. The predicted molar refractivity (Wildman–Crippen MR) is 147 cm³/mol. The van der Waals surface area contributed by atoms with Crippen LogP contribution in [0.15, 0.2) is 84.9 Å². The fourth-order valence-electron chi connectivity index (χ4n) is 5.02. The molecular weight excluding hydrogens is 519 g/mol. The summed E-state index contributed by atoms with van der Waals surface area (Å²) in [6.45, 7) is 1.86. The van der Waals surface area contributed by atoms with Gasteiger partial charge in [-0.15, -0.1) is 12.4 Å². The normalized spacial score (nSPS) is 17.1. The molecule has 0 saturated carbocycles. The Morgan fingerprint density at radius 2 is 1.77 bits per heavy atom. The number of rotatable bonds is 7. The summed E-state index contributed by atoms with van der Waals surface area (Å²) in [5.74, 6) is 0.247. The standard InChI is InChI=1S/C30H29AsO3.ClH/c1-20-13-14-23(17-27(20)30(32)33)28-18-24(34-29-12-5-4-11-26(28)29)19-31-16-15-22-9-6-8-21-7-2-3-10-25(21)22;/h2-14,17,24,28,31H,15-16,18-19H2,1H3,(H,32,33);1H/t24-,28-;/m1./s1. The maximum Gasteiger partial charge on any atom is -0.147 e. The topological polar surface area (TPSA) is 46.5 Å². The van der Waals surface area contributed by atoms with Gasteiger partial charge in [0.15, 0.2) is 0 Å². The molecular formula is C30H30AsClO3. The number of aromatic carboxylic acids is 1. The molecule has 1 N–H and O–H groups in total. The summed E-state index contributed by atoms with van der Waals surface area (Å²) in [7, 11) is 0. The van der Waals surface area contributed by atoms with Crippen molar-refractivity contribution in [1.82, 2.24) is 0 Å². The van der Waals surface area contributed by atoms with E-state index in [9.17, 15) is 9.90 Å². The van der Waals surface area contributed by atoms with Gasteiger partial charge in [-0.05, 0) is 0 Å². The van der Waals surface area contributed by atoms with Gasteiger partial charge in [-0.2, -0.15) is 0 Å². The third kappa shape index (κ3) is 5.58. The van der Waals surface area contributed by atoms with Gasteiger partial charge in [0.1, 0.15) is 0 Å². The van der Waals surface area contributed by atoms with Crippen LogP contribution in [0.4, 0.5) is 0 Å². The molecule has 5 heteroatoms. The summed E-state index contributed by atoms with van der Waals surface area (Å²) in [5, 5.41) is 14.7. The van der Waals surface area contributed by atoms with E-state index >= 15 is 0 Å². The molecule has 4 aromatic rings. The SMILES string of the molecule is Cc1ccc([C@H]2C[C@H](C[AsH]CCc3cccc4ccccc34)Oc3ccccc32)cc1C(=O)O.Cl. The molecule has 0 amide bonds. The van der Waals surface area contributed by atoms with Crippen molar-refractivity contribution in [1.29, 1.82) is 0 Å². The Morgan fingerprint density at radius 3 is 2.63 bits per heavy atom. The summed E-state index contributed by atoms with van der Waals surface area (Å²) in [6, 6.07) is 29.3. The van der Waals surface area contributed by atoms with Crippen molar-refractivity contribution in [3.63, 3.8) is 0 Å². The number of para-hydroxylation sites is 1. The second kappa shape index (κ2) is 11.3. The van der Waals surface area contributed by atoms with Gasteiger partial charge in [-0.1, -0.05) is 0 Å². The predicted octanol–water partition coefficient (Wildman–Crippen LogP) is 7.07. The van der Waals surface area contributed by atoms with Gasteiger partial charge in [0, 0.05) is 0 Å². The first-order valence-electron chi connectivity index (χ1n) is 11.9. The van der Waals surface area contributed by atoms with E-state index in [0.717, 1.165) is 40.5 Å². The van der Waals surface area contributed by atoms with Crippen LogP contribution in [-0.2, 0) is 6.42 Å². The average molecular weight is 549 g/mol. The number of hydrogen-bond donors (Lipinski definition) is 1. The molecule has 180 valence electrons. The van der Waals surface area contributed by atoms with E-state index in [1.807, 2.05) is 31.2 Å². The summed E-state index contributed by atoms with van der Waals surface area (Å²) >= 11 is -0.154. The van der Waals surface area contributed by atoms with E-state index in [-0.39, 0.29) is 40.2 Å². The molecule has 0 aromatic heterocycles. The van der Waals surface area contributed by atoms with E-state index in [1.165, 1.54) is 21.5 Å². The number of ether oxygens (including phenoxy) is 1. The molecule has 4 aromatic carbocycles. The zero-order valence-corrected chi connectivity index (χ0v) is 22.7. The average Bonchev–Trinajstić information content (AvgIpc) is 2.86. The van der Waals surface area contributed by atoms with Crippen LogP contribution in [0, 0.1) is 6.92 Å². The second-order valence-corrected chi connectivity index (χ2v) is 12.0. The largest absolute Gasteiger partial charge is 0.147 e. The van der Waals surface area contributed by atoms with Crippen LogP contribution in [0.25, 0.3) is 10.8 Å². The molecule has 0 bridgehead atoms. The van der Waals surface area contributed by atoms with Gasteiger partial charge in [0.25, 0.3) is 0 Å². The maximum absolute atomic E-state index is 11.7. The molecule has 0 radical (unpaired) electrons. The molecule has 5 rings (SSSR count). The van der Waals surface area contributed by atoms with Gasteiger partial charge in [-0.25, -0.2) is 0 Å². The fourth-order valence-corrected chi connectivity index (χ4v) is 7.58. The third-order valence-electron chi connectivity index (χ3n) is 6.80. The van der Waals surface area contributed by atoms with Gasteiger partial charge in [-0.3, -0.25) is 0 Å². The van der Waals surface area contributed by atoms with Crippen molar-refractivity contribution in [2.24, 2.45) is 0 Å². The summed E-state index contributed by atoms with van der Waals surface area (Å²) in [4.78, 5) is 11.7. The number of hydrogen-bond acceptors (Lipinski definition) is 2. The molecule has 1 aliphatic rings. The number of carbonyl (C=O) groups is 1. The zero-order valence-electron chi connectivity index (χ0n) is 19.7. The first-order valence-corrected chi connectivity index (χ1v) is 14.8. The van der Waals surface area contributed by atoms with Crippen LogP contribution < -0.4 is 4.74 Å². The van der Waals surface area contributed by atoms with Crippen LogP contribution in [0.1, 0.15) is 45.0 Å². The molecule has 0 saturated heterocycles. The molecule has 1 aliphatic heterocycles. The molecule has 1 unspecified atom stereocenters. The first-order chi connectivity index (χ1) is 16.6. The van der Waals surface area contributed by atoms with E-state index in [4.69, 9.17) is 4.74 Å².